The lowest BCUT2D eigenvalue weighted by Crippen LogP contribution is -2.42. The summed E-state index contributed by atoms with van der Waals surface area (Å²) < 4.78 is 5.28. The lowest BCUT2D eigenvalue weighted by molar-refractivity contribution is 0.0844. The van der Waals surface area contributed by atoms with Crippen molar-refractivity contribution in [1.82, 2.24) is 15.8 Å². The third-order valence-electron chi connectivity index (χ3n) is 2.74. The zero-order chi connectivity index (χ0) is 16.8. The number of benzene rings is 1. The third-order valence-corrected chi connectivity index (χ3v) is 3.26. The number of hydrogen-bond donors (Lipinski definition) is 2. The smallest absolute Gasteiger partial charge is 0.289 e. The molecule has 0 spiro atoms. The first-order chi connectivity index (χ1) is 11.0. The number of nitrogens with one attached hydrogen (secondary N) is 2. The number of pyridine rings is 1. The number of rotatable bonds is 4. The highest BCUT2D eigenvalue weighted by molar-refractivity contribution is 6.34. The number of amides is 2. The predicted molar refractivity (Wildman–Crippen MR) is 86.8 cm³/mol. The summed E-state index contributed by atoms with van der Waals surface area (Å²) in [7, 11) is 0. The molecule has 8 heteroatoms. The van der Waals surface area contributed by atoms with Crippen LogP contribution in [-0.4, -0.2) is 23.4 Å². The highest BCUT2D eigenvalue weighted by Gasteiger charge is 2.14. The van der Waals surface area contributed by atoms with Gasteiger partial charge in [0.15, 0.2) is 0 Å². The highest BCUT2D eigenvalue weighted by atomic mass is 35.5. The van der Waals surface area contributed by atoms with Crippen LogP contribution in [0.15, 0.2) is 36.4 Å². The molecule has 0 saturated heterocycles. The zero-order valence-electron chi connectivity index (χ0n) is 12.1. The minimum Gasteiger partial charge on any atom is -0.494 e. The van der Waals surface area contributed by atoms with Gasteiger partial charge in [0, 0.05) is 5.56 Å². The Balaban J connectivity index is 1.98. The number of nitrogens with zero attached hydrogens (tertiary/aromatic N) is 1. The summed E-state index contributed by atoms with van der Waals surface area (Å²) in [6, 6.07) is 9.39. The van der Waals surface area contributed by atoms with Crippen LogP contribution >= 0.6 is 23.2 Å². The van der Waals surface area contributed by atoms with Crippen molar-refractivity contribution in [2.45, 2.75) is 6.92 Å². The van der Waals surface area contributed by atoms with Crippen LogP contribution in [0, 0.1) is 0 Å². The molecule has 2 N–H and O–H groups in total. The average molecular weight is 354 g/mol. The summed E-state index contributed by atoms with van der Waals surface area (Å²) in [4.78, 5) is 27.7. The molecule has 0 bridgehead atoms. The maximum absolute atomic E-state index is 12.0. The van der Waals surface area contributed by atoms with Gasteiger partial charge in [0.2, 0.25) is 0 Å². The van der Waals surface area contributed by atoms with E-state index in [1.807, 2.05) is 6.92 Å². The van der Waals surface area contributed by atoms with Crippen molar-refractivity contribution in [2.75, 3.05) is 6.61 Å². The van der Waals surface area contributed by atoms with Gasteiger partial charge in [0.1, 0.15) is 16.6 Å². The molecule has 2 rings (SSSR count). The van der Waals surface area contributed by atoms with Gasteiger partial charge in [-0.05, 0) is 43.3 Å². The second-order valence-electron chi connectivity index (χ2n) is 4.33. The Kier molecular flexibility index (Phi) is 5.78. The van der Waals surface area contributed by atoms with Crippen LogP contribution in [0.25, 0.3) is 0 Å². The van der Waals surface area contributed by atoms with Crippen molar-refractivity contribution in [3.8, 4) is 5.75 Å². The molecule has 2 amide bonds. The summed E-state index contributed by atoms with van der Waals surface area (Å²) in [6.07, 6.45) is 0. The van der Waals surface area contributed by atoms with E-state index >= 15 is 0 Å². The van der Waals surface area contributed by atoms with E-state index < -0.39 is 11.8 Å². The SMILES string of the molecule is CCOc1ccc(C(=O)NNC(=O)c2nc(Cl)ccc2Cl)cc1. The molecule has 1 heterocycles. The lowest BCUT2D eigenvalue weighted by Gasteiger charge is -2.09. The quantitative estimate of drug-likeness (QED) is 0.654. The minimum absolute atomic E-state index is 0.0776. The molecule has 0 fully saturated rings. The maximum atomic E-state index is 12.0. The summed E-state index contributed by atoms with van der Waals surface area (Å²) >= 11 is 11.6. The van der Waals surface area contributed by atoms with Gasteiger partial charge >= 0.3 is 0 Å². The topological polar surface area (TPSA) is 80.3 Å². The first-order valence-electron chi connectivity index (χ1n) is 6.67. The van der Waals surface area contributed by atoms with Crippen LogP contribution in [0.1, 0.15) is 27.8 Å². The fourth-order valence-electron chi connectivity index (χ4n) is 1.69. The molecule has 1 aromatic carbocycles. The number of carbonyl (C=O) groups is 2. The Hall–Kier alpha value is -2.31. The van der Waals surface area contributed by atoms with Crippen molar-refractivity contribution in [2.24, 2.45) is 0 Å². The van der Waals surface area contributed by atoms with Gasteiger partial charge in [-0.15, -0.1) is 0 Å². The molecule has 6 nitrogen and oxygen atoms in total. The number of hydrogen-bond acceptors (Lipinski definition) is 4. The Bertz CT molecular complexity index is 720. The highest BCUT2D eigenvalue weighted by Crippen LogP contribution is 2.16. The van der Waals surface area contributed by atoms with Crippen LogP contribution in [0.2, 0.25) is 10.2 Å². The monoisotopic (exact) mass is 353 g/mol. The molecule has 0 unspecified atom stereocenters. The van der Waals surface area contributed by atoms with Crippen molar-refractivity contribution in [3.63, 3.8) is 0 Å². The predicted octanol–water partition coefficient (Wildman–Crippen LogP) is 2.86. The molecule has 0 aliphatic heterocycles. The Morgan fingerprint density at radius 2 is 1.70 bits per heavy atom. The Morgan fingerprint density at radius 3 is 2.35 bits per heavy atom. The zero-order valence-corrected chi connectivity index (χ0v) is 13.6. The van der Waals surface area contributed by atoms with Crippen LogP contribution < -0.4 is 15.6 Å². The average Bonchev–Trinajstić information content (AvgIpc) is 2.55. The molecule has 0 radical (unpaired) electrons. The first-order valence-corrected chi connectivity index (χ1v) is 7.42. The van der Waals surface area contributed by atoms with E-state index in [-0.39, 0.29) is 15.9 Å². The van der Waals surface area contributed by atoms with Crippen LogP contribution in [0.4, 0.5) is 0 Å². The van der Waals surface area contributed by atoms with E-state index in [9.17, 15) is 9.59 Å². The van der Waals surface area contributed by atoms with E-state index in [4.69, 9.17) is 27.9 Å². The minimum atomic E-state index is -0.670. The summed E-state index contributed by atoms with van der Waals surface area (Å²) in [6.45, 7) is 2.40. The van der Waals surface area contributed by atoms with Gasteiger partial charge in [-0.2, -0.15) is 0 Å². The maximum Gasteiger partial charge on any atom is 0.289 e. The fourth-order valence-corrected chi connectivity index (χ4v) is 2.03. The molecule has 0 aliphatic carbocycles. The van der Waals surface area contributed by atoms with E-state index in [1.165, 1.54) is 12.1 Å². The third kappa shape index (κ3) is 4.58. The summed E-state index contributed by atoms with van der Waals surface area (Å²) in [5.74, 6) is -0.501. The van der Waals surface area contributed by atoms with Crippen molar-refractivity contribution < 1.29 is 14.3 Å². The second kappa shape index (κ2) is 7.80. The van der Waals surface area contributed by atoms with E-state index in [2.05, 4.69) is 15.8 Å². The molecular weight excluding hydrogens is 341 g/mol. The lowest BCUT2D eigenvalue weighted by atomic mass is 10.2. The van der Waals surface area contributed by atoms with Crippen LogP contribution in [-0.2, 0) is 0 Å². The summed E-state index contributed by atoms with van der Waals surface area (Å²) in [5, 5.41) is 0.250. The van der Waals surface area contributed by atoms with Crippen LogP contribution in [0.3, 0.4) is 0 Å². The molecular formula is C15H13Cl2N3O3. The van der Waals surface area contributed by atoms with Gasteiger partial charge in [0.25, 0.3) is 11.8 Å². The Labute approximate surface area is 142 Å². The first kappa shape index (κ1) is 17.1. The van der Waals surface area contributed by atoms with E-state index in [0.717, 1.165) is 0 Å². The molecule has 0 atom stereocenters. The second-order valence-corrected chi connectivity index (χ2v) is 5.12. The molecule has 1 aromatic heterocycles. The number of carbonyl (C=O) groups excluding carboxylic acids is 2. The number of ether oxygens (including phenoxy) is 1. The fraction of sp³-hybridized carbons (Fsp3) is 0.133. The molecule has 2 aromatic rings. The number of halogens is 2. The normalized spacial score (nSPS) is 10.0. The molecule has 23 heavy (non-hydrogen) atoms. The van der Waals surface area contributed by atoms with E-state index in [1.54, 1.807) is 24.3 Å². The summed E-state index contributed by atoms with van der Waals surface area (Å²) in [5.41, 5.74) is 4.79. The van der Waals surface area contributed by atoms with E-state index in [0.29, 0.717) is 17.9 Å². The molecule has 0 aliphatic rings. The van der Waals surface area contributed by atoms with Crippen molar-refractivity contribution in [1.29, 1.82) is 0 Å². The molecule has 0 saturated carbocycles. The van der Waals surface area contributed by atoms with Crippen molar-refractivity contribution in [3.05, 3.63) is 57.8 Å². The molecule has 120 valence electrons. The number of hydrazine groups is 1. The van der Waals surface area contributed by atoms with Gasteiger partial charge < -0.3 is 4.74 Å². The van der Waals surface area contributed by atoms with Gasteiger partial charge in [0.05, 0.1) is 11.6 Å². The number of aromatic nitrogens is 1. The van der Waals surface area contributed by atoms with Crippen LogP contribution in [0.5, 0.6) is 5.75 Å². The standard InChI is InChI=1S/C15H13Cl2N3O3/c1-2-23-10-5-3-9(4-6-10)14(21)19-20-15(22)13-11(16)7-8-12(17)18-13/h3-8H,2H2,1H3,(H,19,21)(H,20,22). The van der Waals surface area contributed by atoms with Gasteiger partial charge in [-0.1, -0.05) is 23.2 Å². The largest absolute Gasteiger partial charge is 0.494 e. The van der Waals surface area contributed by atoms with Crippen molar-refractivity contribution >= 4 is 35.0 Å². The van der Waals surface area contributed by atoms with Gasteiger partial charge in [-0.25, -0.2) is 4.98 Å². The van der Waals surface area contributed by atoms with Gasteiger partial charge in [-0.3, -0.25) is 20.4 Å². The Morgan fingerprint density at radius 1 is 1.04 bits per heavy atom.